The summed E-state index contributed by atoms with van der Waals surface area (Å²) in [6, 6.07) is 0. The third kappa shape index (κ3) is 70.5. The number of phosphoric ester groups is 2. The molecule has 0 fully saturated rings. The molecular formula is C77H150O17P2. The number of aliphatic hydroxyl groups is 1. The number of ether oxygens (including phenoxy) is 4. The molecule has 96 heavy (non-hydrogen) atoms. The Kier molecular flexibility index (Phi) is 65.0. The van der Waals surface area contributed by atoms with Crippen LogP contribution in [-0.4, -0.2) is 96.7 Å². The summed E-state index contributed by atoms with van der Waals surface area (Å²) in [4.78, 5) is 72.8. The van der Waals surface area contributed by atoms with Gasteiger partial charge in [-0.2, -0.15) is 0 Å². The van der Waals surface area contributed by atoms with Gasteiger partial charge in [0.05, 0.1) is 26.4 Å². The highest BCUT2D eigenvalue weighted by Gasteiger charge is 2.30. The molecule has 0 aliphatic rings. The SMILES string of the molecule is CC(C)CCCCCCCCCCCCCCCCCCC(=O)OC[C@H](COP(=O)(O)OCC(O)COP(=O)(O)OC[C@@H](COC(=O)CCCCCCCCCCC(C)C)OC(=O)CCCCCCCCCCCCC(C)C)OC(=O)CCCCCCCCCCCCC(C)C. The van der Waals surface area contributed by atoms with Crippen LogP contribution in [0.1, 0.15) is 389 Å². The van der Waals surface area contributed by atoms with Crippen molar-refractivity contribution in [2.45, 2.75) is 408 Å². The van der Waals surface area contributed by atoms with Gasteiger partial charge in [-0.15, -0.1) is 0 Å². The Labute approximate surface area is 588 Å². The van der Waals surface area contributed by atoms with E-state index in [9.17, 15) is 43.2 Å². The first-order valence-electron chi connectivity index (χ1n) is 39.7. The van der Waals surface area contributed by atoms with Gasteiger partial charge in [0, 0.05) is 25.7 Å². The maximum atomic E-state index is 13.1. The van der Waals surface area contributed by atoms with Gasteiger partial charge in [0.2, 0.25) is 0 Å². The van der Waals surface area contributed by atoms with Crippen molar-refractivity contribution in [3.8, 4) is 0 Å². The fourth-order valence-electron chi connectivity index (χ4n) is 11.7. The van der Waals surface area contributed by atoms with E-state index in [0.717, 1.165) is 114 Å². The van der Waals surface area contributed by atoms with E-state index in [0.29, 0.717) is 25.7 Å². The lowest BCUT2D eigenvalue weighted by molar-refractivity contribution is -0.161. The number of rotatable bonds is 74. The topological polar surface area (TPSA) is 237 Å². The highest BCUT2D eigenvalue weighted by molar-refractivity contribution is 7.47. The Balaban J connectivity index is 5.23. The summed E-state index contributed by atoms with van der Waals surface area (Å²) in [6.07, 6.45) is 51.4. The van der Waals surface area contributed by atoms with Crippen LogP contribution >= 0.6 is 15.6 Å². The molecule has 0 aromatic rings. The van der Waals surface area contributed by atoms with Crippen LogP contribution in [0.2, 0.25) is 0 Å². The van der Waals surface area contributed by atoms with Gasteiger partial charge in [0.1, 0.15) is 19.3 Å². The smallest absolute Gasteiger partial charge is 0.462 e. The highest BCUT2D eigenvalue weighted by Crippen LogP contribution is 2.45. The summed E-state index contributed by atoms with van der Waals surface area (Å²) < 4.78 is 68.6. The van der Waals surface area contributed by atoms with Gasteiger partial charge in [-0.05, 0) is 49.4 Å². The standard InChI is InChI=1S/C77H150O17P2/c1-67(2)53-45-37-29-21-15-13-11-9-10-12-14-16-24-33-41-49-57-74(79)87-63-72(93-76(81)59-51-43-35-25-19-17-22-30-38-46-54-68(3)4)65-91-95(83,84)89-61-71(78)62-90-96(85,86)92-66-73(64-88-75(80)58-50-42-34-28-27-32-40-48-56-70(7)8)94-77(82)60-52-44-36-26-20-18-23-31-39-47-55-69(5)6/h67-73,78H,9-66H2,1-8H3,(H,83,84)(H,85,86)/t71?,72-,73-/m1/s1. The molecule has 570 valence electrons. The van der Waals surface area contributed by atoms with Gasteiger partial charge in [-0.3, -0.25) is 37.3 Å². The van der Waals surface area contributed by atoms with Gasteiger partial charge in [-0.1, -0.05) is 338 Å². The van der Waals surface area contributed by atoms with E-state index in [1.807, 2.05) is 0 Å². The maximum absolute atomic E-state index is 13.1. The molecule has 0 radical (unpaired) electrons. The van der Waals surface area contributed by atoms with Crippen molar-refractivity contribution in [2.75, 3.05) is 39.6 Å². The summed E-state index contributed by atoms with van der Waals surface area (Å²) in [7, 11) is -9.91. The Morgan fingerprint density at radius 1 is 0.260 bits per heavy atom. The van der Waals surface area contributed by atoms with E-state index < -0.39 is 97.5 Å². The van der Waals surface area contributed by atoms with Crippen molar-refractivity contribution >= 4 is 39.5 Å². The first-order chi connectivity index (χ1) is 46.1. The number of aliphatic hydroxyl groups excluding tert-OH is 1. The highest BCUT2D eigenvalue weighted by atomic mass is 31.2. The molecule has 0 amide bonds. The van der Waals surface area contributed by atoms with Crippen molar-refractivity contribution in [3.63, 3.8) is 0 Å². The van der Waals surface area contributed by atoms with Crippen LogP contribution in [0.25, 0.3) is 0 Å². The van der Waals surface area contributed by atoms with E-state index >= 15 is 0 Å². The molecular weight excluding hydrogens is 1260 g/mol. The summed E-state index contributed by atoms with van der Waals surface area (Å²) >= 11 is 0. The molecule has 3 unspecified atom stereocenters. The van der Waals surface area contributed by atoms with Crippen LogP contribution in [0.4, 0.5) is 0 Å². The van der Waals surface area contributed by atoms with Crippen molar-refractivity contribution in [2.24, 2.45) is 23.7 Å². The fraction of sp³-hybridized carbons (Fsp3) is 0.948. The van der Waals surface area contributed by atoms with Gasteiger partial charge < -0.3 is 33.8 Å². The first kappa shape index (κ1) is 94.1. The van der Waals surface area contributed by atoms with E-state index in [4.69, 9.17) is 37.0 Å². The monoisotopic (exact) mass is 1410 g/mol. The first-order valence-corrected chi connectivity index (χ1v) is 42.7. The van der Waals surface area contributed by atoms with E-state index in [1.165, 1.54) is 193 Å². The van der Waals surface area contributed by atoms with Crippen molar-refractivity contribution in [1.82, 2.24) is 0 Å². The molecule has 0 aromatic heterocycles. The van der Waals surface area contributed by atoms with Crippen LogP contribution in [0.15, 0.2) is 0 Å². The minimum Gasteiger partial charge on any atom is -0.462 e. The van der Waals surface area contributed by atoms with Crippen molar-refractivity contribution < 1.29 is 80.2 Å². The van der Waals surface area contributed by atoms with Crippen LogP contribution in [0, 0.1) is 23.7 Å². The lowest BCUT2D eigenvalue weighted by Crippen LogP contribution is -2.30. The molecule has 0 aliphatic heterocycles. The summed E-state index contributed by atoms with van der Waals surface area (Å²) in [5.74, 6) is 0.923. The third-order valence-corrected chi connectivity index (χ3v) is 19.7. The average Bonchev–Trinajstić information content (AvgIpc) is 1.07. The lowest BCUT2D eigenvalue weighted by atomic mass is 10.0. The number of esters is 4. The Morgan fingerprint density at radius 3 is 0.646 bits per heavy atom. The van der Waals surface area contributed by atoms with Crippen LogP contribution in [0.3, 0.4) is 0 Å². The second-order valence-corrected chi connectivity index (χ2v) is 32.6. The largest absolute Gasteiger partial charge is 0.472 e. The molecule has 5 atom stereocenters. The molecule has 0 saturated heterocycles. The molecule has 0 aromatic carbocycles. The molecule has 3 N–H and O–H groups in total. The summed E-state index contributed by atoms with van der Waals surface area (Å²) in [5, 5.41) is 10.6. The predicted octanol–water partition coefficient (Wildman–Crippen LogP) is 22.4. The molecule has 19 heteroatoms. The van der Waals surface area contributed by atoms with Crippen LogP contribution < -0.4 is 0 Å². The van der Waals surface area contributed by atoms with Crippen LogP contribution in [0.5, 0.6) is 0 Å². The van der Waals surface area contributed by atoms with Gasteiger partial charge >= 0.3 is 39.5 Å². The third-order valence-electron chi connectivity index (χ3n) is 17.8. The van der Waals surface area contributed by atoms with Gasteiger partial charge in [-0.25, -0.2) is 9.13 Å². The normalized spacial score (nSPS) is 14.1. The van der Waals surface area contributed by atoms with Crippen molar-refractivity contribution in [1.29, 1.82) is 0 Å². The van der Waals surface area contributed by atoms with E-state index in [1.54, 1.807) is 0 Å². The molecule has 17 nitrogen and oxygen atoms in total. The lowest BCUT2D eigenvalue weighted by Gasteiger charge is -2.21. The predicted molar refractivity (Wildman–Crippen MR) is 391 cm³/mol. The summed E-state index contributed by atoms with van der Waals surface area (Å²) in [6.45, 7) is 14.2. The Hall–Kier alpha value is -1.94. The second-order valence-electron chi connectivity index (χ2n) is 29.7. The fourth-order valence-corrected chi connectivity index (χ4v) is 13.3. The number of hydrogen-bond acceptors (Lipinski definition) is 15. The minimum atomic E-state index is -4.96. The Bertz CT molecular complexity index is 1880. The quantitative estimate of drug-likeness (QED) is 0.0222. The zero-order valence-electron chi connectivity index (χ0n) is 63.0. The molecule has 0 aliphatic carbocycles. The van der Waals surface area contributed by atoms with Crippen LogP contribution in [-0.2, 0) is 65.4 Å². The van der Waals surface area contributed by atoms with Gasteiger partial charge in [0.15, 0.2) is 12.2 Å². The zero-order valence-corrected chi connectivity index (χ0v) is 64.8. The molecule has 0 spiro atoms. The summed E-state index contributed by atoms with van der Waals surface area (Å²) in [5.41, 5.74) is 0. The molecule has 0 heterocycles. The number of unbranched alkanes of at least 4 members (excludes halogenated alkanes) is 40. The Morgan fingerprint density at radius 2 is 0.438 bits per heavy atom. The molecule has 0 rings (SSSR count). The number of hydrogen-bond donors (Lipinski definition) is 3. The molecule has 0 saturated carbocycles. The maximum Gasteiger partial charge on any atom is 0.472 e. The second kappa shape index (κ2) is 66.3. The minimum absolute atomic E-state index is 0.105. The number of carbonyl (C=O) groups excluding carboxylic acids is 4. The van der Waals surface area contributed by atoms with Gasteiger partial charge in [0.25, 0.3) is 0 Å². The van der Waals surface area contributed by atoms with Crippen molar-refractivity contribution in [3.05, 3.63) is 0 Å². The van der Waals surface area contributed by atoms with E-state index in [-0.39, 0.29) is 25.7 Å². The number of carbonyl (C=O) groups is 4. The van der Waals surface area contributed by atoms with E-state index in [2.05, 4.69) is 55.4 Å². The molecule has 0 bridgehead atoms. The number of phosphoric acid groups is 2. The zero-order chi connectivity index (χ0) is 71.0. The average molecular weight is 1410 g/mol.